The van der Waals surface area contributed by atoms with E-state index in [-0.39, 0.29) is 23.6 Å². The SMILES string of the molecule is CCC(F)C=NC(C)C(=O)NC1=CC(C(C)CN(C)C(=CC(C)(C)F)C(N)=NC)=CCC1CC. The summed E-state index contributed by atoms with van der Waals surface area (Å²) in [5.74, 6) is 0.320. The Morgan fingerprint density at radius 3 is 2.56 bits per heavy atom. The number of halogens is 2. The maximum atomic E-state index is 14.3. The van der Waals surface area contributed by atoms with Crippen molar-refractivity contribution in [1.29, 1.82) is 0 Å². The van der Waals surface area contributed by atoms with Gasteiger partial charge in [-0.1, -0.05) is 26.8 Å². The molecule has 192 valence electrons. The minimum absolute atomic E-state index is 0.0952. The van der Waals surface area contributed by atoms with Gasteiger partial charge in [0.1, 0.15) is 23.7 Å². The highest BCUT2D eigenvalue weighted by Gasteiger charge is 2.24. The minimum atomic E-state index is -1.53. The van der Waals surface area contributed by atoms with Crippen LogP contribution in [0.5, 0.6) is 0 Å². The van der Waals surface area contributed by atoms with Gasteiger partial charge >= 0.3 is 0 Å². The van der Waals surface area contributed by atoms with Crippen LogP contribution in [-0.2, 0) is 4.79 Å². The van der Waals surface area contributed by atoms with Crippen molar-refractivity contribution >= 4 is 18.0 Å². The highest BCUT2D eigenvalue weighted by atomic mass is 19.1. The van der Waals surface area contributed by atoms with E-state index in [4.69, 9.17) is 5.73 Å². The number of amidine groups is 1. The minimum Gasteiger partial charge on any atom is -0.382 e. The van der Waals surface area contributed by atoms with Gasteiger partial charge < -0.3 is 16.0 Å². The molecular weight excluding hydrogens is 436 g/mol. The number of nitrogens with one attached hydrogen (secondary N) is 1. The fraction of sp³-hybridized carbons (Fsp3) is 0.654. The number of nitrogens with zero attached hydrogens (tertiary/aromatic N) is 3. The number of allylic oxidation sites excluding steroid dienone is 4. The van der Waals surface area contributed by atoms with Gasteiger partial charge in [0.25, 0.3) is 0 Å². The number of rotatable bonds is 12. The van der Waals surface area contributed by atoms with E-state index in [0.29, 0.717) is 18.7 Å². The molecule has 0 aliphatic heterocycles. The second kappa shape index (κ2) is 13.4. The van der Waals surface area contributed by atoms with Crippen LogP contribution in [-0.4, -0.2) is 61.4 Å². The quantitative estimate of drug-likeness (QED) is 0.313. The fourth-order valence-electron chi connectivity index (χ4n) is 3.71. The van der Waals surface area contributed by atoms with Crippen molar-refractivity contribution in [3.05, 3.63) is 35.2 Å². The largest absolute Gasteiger partial charge is 0.382 e. The van der Waals surface area contributed by atoms with Crippen molar-refractivity contribution < 1.29 is 13.6 Å². The van der Waals surface area contributed by atoms with Gasteiger partial charge in [-0.25, -0.2) is 8.78 Å². The lowest BCUT2D eigenvalue weighted by atomic mass is 9.86. The molecule has 1 rings (SSSR count). The lowest BCUT2D eigenvalue weighted by Gasteiger charge is -2.30. The van der Waals surface area contributed by atoms with Crippen LogP contribution in [0.1, 0.15) is 60.8 Å². The van der Waals surface area contributed by atoms with Gasteiger partial charge in [-0.3, -0.25) is 14.8 Å². The van der Waals surface area contributed by atoms with E-state index in [9.17, 15) is 13.6 Å². The summed E-state index contributed by atoms with van der Waals surface area (Å²) in [6.45, 7) is 11.1. The van der Waals surface area contributed by atoms with Crippen LogP contribution >= 0.6 is 0 Å². The second-order valence-corrected chi connectivity index (χ2v) is 9.52. The predicted octanol–water partition coefficient (Wildman–Crippen LogP) is 4.74. The van der Waals surface area contributed by atoms with Crippen molar-refractivity contribution in [3.63, 3.8) is 0 Å². The first-order valence-electron chi connectivity index (χ1n) is 12.1. The van der Waals surface area contributed by atoms with Gasteiger partial charge in [0, 0.05) is 38.5 Å². The maximum absolute atomic E-state index is 14.3. The molecule has 0 aromatic heterocycles. The lowest BCUT2D eigenvalue weighted by molar-refractivity contribution is -0.121. The smallest absolute Gasteiger partial charge is 0.248 e. The van der Waals surface area contributed by atoms with Gasteiger partial charge in [0.05, 0.1) is 5.70 Å². The monoisotopic (exact) mass is 479 g/mol. The normalized spacial score (nSPS) is 20.5. The molecule has 0 fully saturated rings. The van der Waals surface area contributed by atoms with E-state index < -0.39 is 17.9 Å². The van der Waals surface area contributed by atoms with Crippen LogP contribution in [0.2, 0.25) is 0 Å². The molecule has 0 radical (unpaired) electrons. The van der Waals surface area contributed by atoms with Crippen LogP contribution in [0.3, 0.4) is 0 Å². The Morgan fingerprint density at radius 2 is 2.03 bits per heavy atom. The molecule has 0 saturated heterocycles. The van der Waals surface area contributed by atoms with E-state index >= 15 is 0 Å². The van der Waals surface area contributed by atoms with Gasteiger partial charge in [-0.05, 0) is 63.7 Å². The zero-order valence-electron chi connectivity index (χ0n) is 22.0. The Morgan fingerprint density at radius 1 is 1.38 bits per heavy atom. The summed E-state index contributed by atoms with van der Waals surface area (Å²) in [6.07, 6.45) is 7.78. The third kappa shape index (κ3) is 9.39. The Labute approximate surface area is 204 Å². The third-order valence-electron chi connectivity index (χ3n) is 5.91. The number of likely N-dealkylation sites (N-methyl/N-ethyl adjacent to an activating group) is 1. The van der Waals surface area contributed by atoms with E-state index in [2.05, 4.69) is 35.2 Å². The number of aliphatic imine (C=N–C) groups is 2. The van der Waals surface area contributed by atoms with Crippen LogP contribution < -0.4 is 11.1 Å². The molecule has 8 heteroatoms. The molecule has 3 N–H and O–H groups in total. The number of carbonyl (C=O) groups excluding carboxylic acids is 1. The van der Waals surface area contributed by atoms with Crippen molar-refractivity contribution in [2.24, 2.45) is 27.6 Å². The number of carbonyl (C=O) groups is 1. The van der Waals surface area contributed by atoms with Crippen LogP contribution in [0.25, 0.3) is 0 Å². The van der Waals surface area contributed by atoms with Crippen LogP contribution in [0.4, 0.5) is 8.78 Å². The van der Waals surface area contributed by atoms with E-state index in [1.165, 1.54) is 26.1 Å². The van der Waals surface area contributed by atoms with Crippen molar-refractivity contribution in [1.82, 2.24) is 10.2 Å². The second-order valence-electron chi connectivity index (χ2n) is 9.52. The van der Waals surface area contributed by atoms with Crippen LogP contribution in [0, 0.1) is 11.8 Å². The molecule has 4 atom stereocenters. The molecule has 1 amide bonds. The Hall–Kier alpha value is -2.51. The molecule has 0 bridgehead atoms. The molecule has 0 heterocycles. The Balaban J connectivity index is 3.02. The first-order valence-corrected chi connectivity index (χ1v) is 12.1. The molecule has 4 unspecified atom stereocenters. The number of hydrogen-bond donors (Lipinski definition) is 2. The van der Waals surface area contributed by atoms with Gasteiger partial charge in [-0.2, -0.15) is 0 Å². The van der Waals surface area contributed by atoms with Crippen molar-refractivity contribution in [3.8, 4) is 0 Å². The molecule has 34 heavy (non-hydrogen) atoms. The number of amides is 1. The summed E-state index contributed by atoms with van der Waals surface area (Å²) in [5, 5.41) is 3.01. The lowest BCUT2D eigenvalue weighted by Crippen LogP contribution is -2.36. The summed E-state index contributed by atoms with van der Waals surface area (Å²) >= 11 is 0. The zero-order chi connectivity index (χ0) is 26.1. The zero-order valence-corrected chi connectivity index (χ0v) is 22.0. The summed E-state index contributed by atoms with van der Waals surface area (Å²) in [4.78, 5) is 22.7. The highest BCUT2D eigenvalue weighted by Crippen LogP contribution is 2.29. The summed E-state index contributed by atoms with van der Waals surface area (Å²) < 4.78 is 27.8. The average Bonchev–Trinajstić information content (AvgIpc) is 2.79. The molecular formula is C26H43F2N5O. The number of hydrogen-bond acceptors (Lipinski definition) is 4. The first-order chi connectivity index (χ1) is 15.8. The average molecular weight is 480 g/mol. The number of nitrogens with two attached hydrogens (primary N) is 1. The van der Waals surface area contributed by atoms with Gasteiger partial charge in [0.2, 0.25) is 5.91 Å². The summed E-state index contributed by atoms with van der Waals surface area (Å²) in [7, 11) is 3.45. The third-order valence-corrected chi connectivity index (χ3v) is 5.91. The molecule has 6 nitrogen and oxygen atoms in total. The summed E-state index contributed by atoms with van der Waals surface area (Å²) in [6, 6.07) is -0.672. The van der Waals surface area contributed by atoms with E-state index in [0.717, 1.165) is 24.1 Å². The molecule has 0 aromatic rings. The maximum Gasteiger partial charge on any atom is 0.248 e. The van der Waals surface area contributed by atoms with Gasteiger partial charge in [0.15, 0.2) is 0 Å². The Bertz CT molecular complexity index is 839. The van der Waals surface area contributed by atoms with Gasteiger partial charge in [-0.15, -0.1) is 0 Å². The standard InChI is InChI=1S/C26H43F2N5O/c1-9-19-11-12-20(13-22(19)32-25(34)18(4)31-15-21(27)10-2)17(3)16-33(8)23(24(29)30-7)14-26(5,6)28/h12-15,17-19,21H,9-11,16H2,1-8H3,(H2,29,30)(H,32,34). The molecule has 0 aromatic carbocycles. The predicted molar refractivity (Wildman–Crippen MR) is 138 cm³/mol. The summed E-state index contributed by atoms with van der Waals surface area (Å²) in [5.41, 5.74) is 6.99. The molecule has 1 aliphatic carbocycles. The van der Waals surface area contributed by atoms with Crippen LogP contribution in [0.15, 0.2) is 45.2 Å². The van der Waals surface area contributed by atoms with Crippen molar-refractivity contribution in [2.75, 3.05) is 20.6 Å². The molecule has 0 spiro atoms. The Kier molecular flexibility index (Phi) is 11.6. The van der Waals surface area contributed by atoms with E-state index in [1.807, 2.05) is 18.0 Å². The van der Waals surface area contributed by atoms with E-state index in [1.54, 1.807) is 20.9 Å². The molecule has 1 aliphatic rings. The fourth-order valence-corrected chi connectivity index (χ4v) is 3.71. The molecule has 0 saturated carbocycles. The first kappa shape index (κ1) is 29.5. The topological polar surface area (TPSA) is 83.1 Å². The van der Waals surface area contributed by atoms with Crippen molar-refractivity contribution in [2.45, 2.75) is 78.7 Å². The number of alkyl halides is 2. The highest BCUT2D eigenvalue weighted by molar-refractivity contribution is 5.96.